The first-order valence-corrected chi connectivity index (χ1v) is 10.8. The maximum atomic E-state index is 13.5. The van der Waals surface area contributed by atoms with Crippen LogP contribution >= 0.6 is 0 Å². The number of rotatable bonds is 1. The molecule has 3 aromatic rings. The van der Waals surface area contributed by atoms with Gasteiger partial charge in [0.2, 0.25) is 0 Å². The maximum absolute atomic E-state index is 13.5. The van der Waals surface area contributed by atoms with Crippen LogP contribution in [0.25, 0.3) is 5.69 Å². The molecule has 0 bridgehead atoms. The number of carbonyl (C=O) groups excluding carboxylic acids is 1. The summed E-state index contributed by atoms with van der Waals surface area (Å²) >= 11 is 0. The molecule has 3 aliphatic heterocycles. The molecule has 1 atom stereocenters. The Morgan fingerprint density at radius 3 is 2.71 bits per heavy atom. The molecular weight excluding hydrogens is 393 g/mol. The van der Waals surface area contributed by atoms with E-state index in [0.29, 0.717) is 25.3 Å². The third-order valence-corrected chi connectivity index (χ3v) is 7.06. The predicted octanol–water partition coefficient (Wildman–Crippen LogP) is 4.33. The zero-order valence-corrected chi connectivity index (χ0v) is 17.2. The molecule has 6 heteroatoms. The normalized spacial score (nSPS) is 23.5. The molecule has 2 aromatic carbocycles. The molecule has 158 valence electrons. The Hall–Kier alpha value is -3.12. The number of hydrogen-bond donors (Lipinski definition) is 1. The first kappa shape index (κ1) is 18.6. The van der Waals surface area contributed by atoms with Crippen molar-refractivity contribution >= 4 is 11.6 Å². The van der Waals surface area contributed by atoms with Gasteiger partial charge in [0, 0.05) is 31.3 Å². The molecule has 31 heavy (non-hydrogen) atoms. The lowest BCUT2D eigenvalue weighted by molar-refractivity contribution is -0.0392. The Morgan fingerprint density at radius 1 is 1.03 bits per heavy atom. The molecule has 2 fully saturated rings. The summed E-state index contributed by atoms with van der Waals surface area (Å²) in [5, 5.41) is 3.78. The number of nitrogens with one attached hydrogen (secondary N) is 1. The minimum absolute atomic E-state index is 0.111. The molecule has 1 aromatic heterocycles. The van der Waals surface area contributed by atoms with Crippen LogP contribution < -0.4 is 5.32 Å². The van der Waals surface area contributed by atoms with E-state index in [1.807, 2.05) is 4.90 Å². The fourth-order valence-corrected chi connectivity index (χ4v) is 5.51. The number of aromatic nitrogens is 1. The monoisotopic (exact) mass is 417 g/mol. The molecule has 6 rings (SSSR count). The topological polar surface area (TPSA) is 46.5 Å². The summed E-state index contributed by atoms with van der Waals surface area (Å²) in [6.07, 6.45) is 4.53. The molecule has 2 spiro atoms. The summed E-state index contributed by atoms with van der Waals surface area (Å²) in [5.41, 5.74) is 3.37. The van der Waals surface area contributed by atoms with Crippen molar-refractivity contribution in [3.8, 4) is 5.69 Å². The SMILES string of the molecule is O=C(c1cccc(F)c1)N1CCC2(CC1)CC1(CO2)Nc2ccccc2-n2cccc21. The first-order valence-electron chi connectivity index (χ1n) is 10.8. The highest BCUT2D eigenvalue weighted by Gasteiger charge is 2.54. The zero-order valence-electron chi connectivity index (χ0n) is 17.2. The number of likely N-dealkylation sites (tertiary alicyclic amines) is 1. The lowest BCUT2D eigenvalue weighted by Gasteiger charge is -2.41. The predicted molar refractivity (Wildman–Crippen MR) is 116 cm³/mol. The van der Waals surface area contributed by atoms with E-state index in [-0.39, 0.29) is 22.9 Å². The van der Waals surface area contributed by atoms with Gasteiger partial charge in [-0.3, -0.25) is 4.79 Å². The number of amides is 1. The van der Waals surface area contributed by atoms with Crippen molar-refractivity contribution < 1.29 is 13.9 Å². The second kappa shape index (κ2) is 6.69. The number of benzene rings is 2. The number of anilines is 1. The van der Waals surface area contributed by atoms with Gasteiger partial charge < -0.3 is 19.5 Å². The van der Waals surface area contributed by atoms with Crippen LogP contribution in [0.4, 0.5) is 10.1 Å². The standard InChI is InChI=1S/C25H24FN3O2/c26-19-6-3-5-18(15-19)23(30)28-13-10-24(11-14-28)16-25(17-31-24)22-9-4-12-29(22)21-8-2-1-7-20(21)27-25/h1-9,12,15,27H,10-11,13-14,16-17H2. The third kappa shape index (κ3) is 2.89. The lowest BCUT2D eigenvalue weighted by atomic mass is 9.79. The van der Waals surface area contributed by atoms with Crippen molar-refractivity contribution in [3.63, 3.8) is 0 Å². The van der Waals surface area contributed by atoms with Gasteiger partial charge in [0.15, 0.2) is 0 Å². The minimum Gasteiger partial charge on any atom is -0.372 e. The Labute approximate surface area is 180 Å². The Bertz CT molecular complexity index is 1160. The number of para-hydroxylation sites is 2. The van der Waals surface area contributed by atoms with Gasteiger partial charge in [-0.25, -0.2) is 4.39 Å². The fourth-order valence-electron chi connectivity index (χ4n) is 5.51. The molecule has 5 nitrogen and oxygen atoms in total. The van der Waals surface area contributed by atoms with E-state index in [4.69, 9.17) is 4.74 Å². The summed E-state index contributed by atoms with van der Waals surface area (Å²) in [7, 11) is 0. The van der Waals surface area contributed by atoms with Gasteiger partial charge in [0.05, 0.1) is 29.3 Å². The van der Waals surface area contributed by atoms with Crippen LogP contribution in [0.15, 0.2) is 66.9 Å². The minimum atomic E-state index is -0.382. The van der Waals surface area contributed by atoms with Crippen LogP contribution in [0.3, 0.4) is 0 Å². The molecule has 1 amide bonds. The van der Waals surface area contributed by atoms with Crippen molar-refractivity contribution in [2.75, 3.05) is 25.0 Å². The van der Waals surface area contributed by atoms with Crippen molar-refractivity contribution in [2.24, 2.45) is 0 Å². The number of ether oxygens (including phenoxy) is 1. The second-order valence-corrected chi connectivity index (χ2v) is 8.94. The van der Waals surface area contributed by atoms with Crippen LogP contribution in [0.2, 0.25) is 0 Å². The Balaban J connectivity index is 1.22. The van der Waals surface area contributed by atoms with Crippen molar-refractivity contribution in [2.45, 2.75) is 30.4 Å². The van der Waals surface area contributed by atoms with Gasteiger partial charge >= 0.3 is 0 Å². The highest BCUT2D eigenvalue weighted by atomic mass is 19.1. The fraction of sp³-hybridized carbons (Fsp3) is 0.320. The molecule has 0 radical (unpaired) electrons. The van der Waals surface area contributed by atoms with Crippen LogP contribution in [0.5, 0.6) is 0 Å². The van der Waals surface area contributed by atoms with E-state index in [1.165, 1.54) is 17.8 Å². The second-order valence-electron chi connectivity index (χ2n) is 8.94. The number of nitrogens with zero attached hydrogens (tertiary/aromatic N) is 2. The molecule has 3 aliphatic rings. The van der Waals surface area contributed by atoms with Gasteiger partial charge in [-0.1, -0.05) is 18.2 Å². The highest BCUT2D eigenvalue weighted by Crippen LogP contribution is 2.50. The molecular formula is C25H24FN3O2. The lowest BCUT2D eigenvalue weighted by Crippen LogP contribution is -2.48. The van der Waals surface area contributed by atoms with E-state index in [2.05, 4.69) is 52.5 Å². The number of halogens is 1. The van der Waals surface area contributed by atoms with Gasteiger partial charge in [-0.2, -0.15) is 0 Å². The van der Waals surface area contributed by atoms with Gasteiger partial charge in [0.25, 0.3) is 5.91 Å². The van der Waals surface area contributed by atoms with E-state index in [9.17, 15) is 9.18 Å². The average molecular weight is 417 g/mol. The van der Waals surface area contributed by atoms with E-state index >= 15 is 0 Å². The van der Waals surface area contributed by atoms with Gasteiger partial charge in [-0.05, 0) is 55.3 Å². The van der Waals surface area contributed by atoms with Crippen molar-refractivity contribution in [1.82, 2.24) is 9.47 Å². The molecule has 0 saturated carbocycles. The van der Waals surface area contributed by atoms with Crippen LogP contribution in [0.1, 0.15) is 35.3 Å². The molecule has 0 aliphatic carbocycles. The Morgan fingerprint density at radius 2 is 1.87 bits per heavy atom. The van der Waals surface area contributed by atoms with Crippen molar-refractivity contribution in [1.29, 1.82) is 0 Å². The van der Waals surface area contributed by atoms with E-state index in [0.717, 1.165) is 30.6 Å². The van der Waals surface area contributed by atoms with Crippen LogP contribution in [-0.2, 0) is 10.3 Å². The number of piperidine rings is 1. The first-order chi connectivity index (χ1) is 15.1. The largest absolute Gasteiger partial charge is 0.372 e. The average Bonchev–Trinajstić information content (AvgIpc) is 3.41. The Kier molecular flexibility index (Phi) is 4.02. The number of carbonyl (C=O) groups is 1. The van der Waals surface area contributed by atoms with E-state index in [1.54, 1.807) is 12.1 Å². The van der Waals surface area contributed by atoms with Crippen LogP contribution in [-0.4, -0.2) is 40.7 Å². The van der Waals surface area contributed by atoms with Gasteiger partial charge in [0.1, 0.15) is 11.4 Å². The quantitative estimate of drug-likeness (QED) is 0.641. The molecule has 1 N–H and O–H groups in total. The zero-order chi connectivity index (χ0) is 21.1. The molecule has 2 saturated heterocycles. The van der Waals surface area contributed by atoms with E-state index < -0.39 is 0 Å². The van der Waals surface area contributed by atoms with Crippen molar-refractivity contribution in [3.05, 3.63) is 83.9 Å². The third-order valence-electron chi connectivity index (χ3n) is 7.06. The highest BCUT2D eigenvalue weighted by molar-refractivity contribution is 5.94. The van der Waals surface area contributed by atoms with Gasteiger partial charge in [-0.15, -0.1) is 0 Å². The number of fused-ring (bicyclic) bond motifs is 4. The van der Waals surface area contributed by atoms with Crippen LogP contribution in [0, 0.1) is 5.82 Å². The molecule has 4 heterocycles. The summed E-state index contributed by atoms with van der Waals surface area (Å²) in [6, 6.07) is 18.5. The summed E-state index contributed by atoms with van der Waals surface area (Å²) < 4.78 is 22.3. The maximum Gasteiger partial charge on any atom is 0.253 e. The summed E-state index contributed by atoms with van der Waals surface area (Å²) in [4.78, 5) is 14.6. The number of hydrogen-bond acceptors (Lipinski definition) is 3. The summed E-state index contributed by atoms with van der Waals surface area (Å²) in [5.74, 6) is -0.493. The smallest absolute Gasteiger partial charge is 0.253 e. The summed E-state index contributed by atoms with van der Waals surface area (Å²) in [6.45, 7) is 1.83. The molecule has 1 unspecified atom stereocenters.